The maximum Gasteiger partial charge on any atom is 0.250 e. The number of benzene rings is 4. The summed E-state index contributed by atoms with van der Waals surface area (Å²) < 4.78 is 17.2. The van der Waals surface area contributed by atoms with Crippen LogP contribution in [0.2, 0.25) is 0 Å². The maximum atomic E-state index is 14.8. The van der Waals surface area contributed by atoms with Crippen molar-refractivity contribution in [1.82, 2.24) is 4.57 Å². The van der Waals surface area contributed by atoms with E-state index in [1.807, 2.05) is 18.2 Å². The zero-order chi connectivity index (χ0) is 18.0. The highest BCUT2D eigenvalue weighted by Gasteiger charge is 2.34. The topological polar surface area (TPSA) is 4.93 Å². The summed E-state index contributed by atoms with van der Waals surface area (Å²) in [5.41, 5.74) is 6.55. The predicted molar refractivity (Wildman–Crippen MR) is 112 cm³/mol. The van der Waals surface area contributed by atoms with Gasteiger partial charge in [-0.2, -0.15) is 0 Å². The Bertz CT molecular complexity index is 1350. The number of hydrogen-bond donors (Lipinski definition) is 0. The van der Waals surface area contributed by atoms with Crippen molar-refractivity contribution >= 4 is 44.9 Å². The first-order valence-electron chi connectivity index (χ1n) is 9.20. The van der Waals surface area contributed by atoms with Crippen LogP contribution in [-0.4, -0.2) is 11.3 Å². The number of rotatable bonds is 1. The Balaban J connectivity index is 1.85. The van der Waals surface area contributed by atoms with Crippen LogP contribution >= 0.6 is 0 Å². The zero-order valence-electron chi connectivity index (χ0n) is 14.6. The van der Waals surface area contributed by atoms with Gasteiger partial charge >= 0.3 is 0 Å². The van der Waals surface area contributed by atoms with Crippen LogP contribution in [0.25, 0.3) is 27.5 Å². The van der Waals surface area contributed by atoms with Gasteiger partial charge in [-0.25, -0.2) is 4.39 Å². The minimum atomic E-state index is -0.154. The van der Waals surface area contributed by atoms with E-state index in [2.05, 4.69) is 65.2 Å². The maximum absolute atomic E-state index is 14.8. The molecule has 0 aliphatic carbocycles. The number of para-hydroxylation sites is 3. The summed E-state index contributed by atoms with van der Waals surface area (Å²) in [5, 5.41) is 2.46. The summed E-state index contributed by atoms with van der Waals surface area (Å²) in [6.07, 6.45) is 0. The largest absolute Gasteiger partial charge is 0.310 e. The van der Waals surface area contributed by atoms with E-state index in [4.69, 9.17) is 0 Å². The Labute approximate surface area is 156 Å². The lowest BCUT2D eigenvalue weighted by molar-refractivity contribution is 0.635. The third-order valence-electron chi connectivity index (χ3n) is 5.74. The molecule has 1 aromatic heterocycles. The molecule has 0 spiro atoms. The third kappa shape index (κ3) is 1.89. The summed E-state index contributed by atoms with van der Waals surface area (Å²) in [7, 11) is 0. The molecule has 27 heavy (non-hydrogen) atoms. The van der Waals surface area contributed by atoms with Gasteiger partial charge in [0.1, 0.15) is 5.82 Å². The molecule has 0 saturated heterocycles. The van der Waals surface area contributed by atoms with Crippen molar-refractivity contribution < 1.29 is 4.39 Å². The van der Waals surface area contributed by atoms with Gasteiger partial charge < -0.3 is 4.57 Å². The molecule has 0 N–H and O–H groups in total. The second-order valence-corrected chi connectivity index (χ2v) is 7.11. The van der Waals surface area contributed by atoms with E-state index in [0.717, 1.165) is 22.1 Å². The molecule has 0 saturated carbocycles. The molecule has 1 aliphatic heterocycles. The van der Waals surface area contributed by atoms with E-state index in [-0.39, 0.29) is 12.5 Å². The lowest BCUT2D eigenvalue weighted by Gasteiger charge is -2.27. The number of halogens is 1. The molecule has 1 nitrogen and oxygen atoms in total. The first kappa shape index (κ1) is 14.8. The molecule has 0 bridgehead atoms. The Kier molecular flexibility index (Phi) is 2.93. The van der Waals surface area contributed by atoms with Crippen LogP contribution in [0.3, 0.4) is 0 Å². The van der Waals surface area contributed by atoms with Gasteiger partial charge in [0.15, 0.2) is 0 Å². The number of nitrogens with zero attached hydrogens (tertiary/aromatic N) is 1. The van der Waals surface area contributed by atoms with Gasteiger partial charge in [0.2, 0.25) is 6.71 Å². The standard InChI is InChI=1S/C24H15BFN/c26-21-13-4-2-10-18(21)25-19-11-3-6-15-23(19)27-22-14-5-1-8-16(22)17-9-7-12-20(25)24(17)27/h1-15H. The monoisotopic (exact) mass is 347 g/mol. The lowest BCUT2D eigenvalue weighted by atomic mass is 9.35. The van der Waals surface area contributed by atoms with E-state index >= 15 is 0 Å². The summed E-state index contributed by atoms with van der Waals surface area (Å²) in [4.78, 5) is 0. The van der Waals surface area contributed by atoms with E-state index in [0.29, 0.717) is 0 Å². The smallest absolute Gasteiger partial charge is 0.250 e. The molecule has 0 unspecified atom stereocenters. The van der Waals surface area contributed by atoms with E-state index in [1.54, 1.807) is 12.1 Å². The molecule has 0 fully saturated rings. The van der Waals surface area contributed by atoms with Crippen LogP contribution in [0.4, 0.5) is 4.39 Å². The highest BCUT2D eigenvalue weighted by molar-refractivity contribution is 6.98. The molecule has 6 rings (SSSR count). The van der Waals surface area contributed by atoms with Gasteiger partial charge in [-0.15, -0.1) is 0 Å². The van der Waals surface area contributed by atoms with Crippen molar-refractivity contribution in [2.24, 2.45) is 0 Å². The van der Waals surface area contributed by atoms with Crippen LogP contribution in [0.1, 0.15) is 0 Å². The van der Waals surface area contributed by atoms with Crippen molar-refractivity contribution in [3.8, 4) is 5.69 Å². The molecule has 1 aliphatic rings. The zero-order valence-corrected chi connectivity index (χ0v) is 14.6. The fraction of sp³-hybridized carbons (Fsp3) is 0. The quantitative estimate of drug-likeness (QED) is 0.399. The Morgan fingerprint density at radius 2 is 1.26 bits per heavy atom. The van der Waals surface area contributed by atoms with Gasteiger partial charge in [0.25, 0.3) is 0 Å². The van der Waals surface area contributed by atoms with Gasteiger partial charge in [0.05, 0.1) is 5.52 Å². The molecule has 126 valence electrons. The SMILES string of the molecule is Fc1ccccc1B1c2ccccc2-n2c3ccccc3c3cccc1c32. The average molecular weight is 347 g/mol. The number of hydrogen-bond acceptors (Lipinski definition) is 0. The average Bonchev–Trinajstić information content (AvgIpc) is 3.06. The summed E-state index contributed by atoms with van der Waals surface area (Å²) in [6, 6.07) is 30.4. The fourth-order valence-corrected chi connectivity index (χ4v) is 4.68. The van der Waals surface area contributed by atoms with Crippen LogP contribution < -0.4 is 16.4 Å². The fourth-order valence-electron chi connectivity index (χ4n) is 4.68. The van der Waals surface area contributed by atoms with Gasteiger partial charge in [-0.05, 0) is 34.6 Å². The van der Waals surface area contributed by atoms with Crippen molar-refractivity contribution in [3.63, 3.8) is 0 Å². The normalized spacial score (nSPS) is 12.6. The number of aromatic nitrogens is 1. The Hall–Kier alpha value is -3.33. The highest BCUT2D eigenvalue weighted by atomic mass is 19.1. The van der Waals surface area contributed by atoms with Crippen molar-refractivity contribution in [2.45, 2.75) is 0 Å². The first-order valence-corrected chi connectivity index (χ1v) is 9.20. The van der Waals surface area contributed by atoms with Gasteiger partial charge in [-0.1, -0.05) is 72.8 Å². The van der Waals surface area contributed by atoms with Crippen molar-refractivity contribution in [3.05, 3.63) is 96.8 Å². The Morgan fingerprint density at radius 1 is 0.593 bits per heavy atom. The summed E-state index contributed by atoms with van der Waals surface area (Å²) in [6.45, 7) is -0.108. The molecule has 0 atom stereocenters. The van der Waals surface area contributed by atoms with E-state index in [1.165, 1.54) is 21.8 Å². The molecule has 0 radical (unpaired) electrons. The lowest BCUT2D eigenvalue weighted by Crippen LogP contribution is -2.56. The van der Waals surface area contributed by atoms with Crippen molar-refractivity contribution in [2.75, 3.05) is 0 Å². The van der Waals surface area contributed by atoms with Crippen LogP contribution in [0, 0.1) is 5.82 Å². The molecule has 4 aromatic carbocycles. The third-order valence-corrected chi connectivity index (χ3v) is 5.74. The van der Waals surface area contributed by atoms with Crippen molar-refractivity contribution in [1.29, 1.82) is 0 Å². The highest BCUT2D eigenvalue weighted by Crippen LogP contribution is 2.32. The molecular formula is C24H15BFN. The van der Waals surface area contributed by atoms with Crippen LogP contribution in [0.15, 0.2) is 91.0 Å². The van der Waals surface area contributed by atoms with E-state index < -0.39 is 0 Å². The predicted octanol–water partition coefficient (Wildman–Crippen LogP) is 3.75. The minimum Gasteiger partial charge on any atom is -0.310 e. The second-order valence-electron chi connectivity index (χ2n) is 7.11. The van der Waals surface area contributed by atoms with Crippen LogP contribution in [0.5, 0.6) is 0 Å². The van der Waals surface area contributed by atoms with Gasteiger partial charge in [0, 0.05) is 22.0 Å². The summed E-state index contributed by atoms with van der Waals surface area (Å²) in [5.74, 6) is -0.154. The van der Waals surface area contributed by atoms with Crippen LogP contribution in [-0.2, 0) is 0 Å². The summed E-state index contributed by atoms with van der Waals surface area (Å²) >= 11 is 0. The van der Waals surface area contributed by atoms with Gasteiger partial charge in [-0.3, -0.25) is 0 Å². The molecule has 0 amide bonds. The Morgan fingerprint density at radius 3 is 2.15 bits per heavy atom. The first-order chi connectivity index (χ1) is 13.3. The second kappa shape index (κ2) is 5.34. The minimum absolute atomic E-state index is 0.108. The number of fused-ring (bicyclic) bond motifs is 5. The molecule has 2 heterocycles. The molecule has 5 aromatic rings. The van der Waals surface area contributed by atoms with E-state index in [9.17, 15) is 4.39 Å². The molecular weight excluding hydrogens is 332 g/mol. The molecule has 3 heteroatoms.